The summed E-state index contributed by atoms with van der Waals surface area (Å²) < 4.78 is 28.2. The first-order valence-electron chi connectivity index (χ1n) is 13.6. The molecule has 4 atom stereocenters. The minimum Gasteiger partial charge on any atom is -0.497 e. The number of benzene rings is 1. The van der Waals surface area contributed by atoms with Crippen molar-refractivity contribution < 1.29 is 38.4 Å². The zero-order valence-corrected chi connectivity index (χ0v) is 23.8. The van der Waals surface area contributed by atoms with E-state index >= 15 is 0 Å². The number of halogens is 1. The summed E-state index contributed by atoms with van der Waals surface area (Å²) in [7, 11) is 2.79. The van der Waals surface area contributed by atoms with Gasteiger partial charge in [0.15, 0.2) is 23.2 Å². The maximum atomic E-state index is 13.8. The van der Waals surface area contributed by atoms with Crippen molar-refractivity contribution in [2.75, 3.05) is 34.1 Å². The van der Waals surface area contributed by atoms with Crippen LogP contribution in [0.1, 0.15) is 69.4 Å². The number of hydrogen-bond acceptors (Lipinski definition) is 9. The molecule has 0 bridgehead atoms. The van der Waals surface area contributed by atoms with Crippen LogP contribution in [-0.2, 0) is 30.2 Å². The van der Waals surface area contributed by atoms with E-state index in [4.69, 9.17) is 35.3 Å². The average Bonchev–Trinajstić information content (AvgIpc) is 3.56. The fourth-order valence-electron chi connectivity index (χ4n) is 6.69. The highest BCUT2D eigenvalue weighted by Gasteiger charge is 2.59. The molecule has 214 valence electrons. The molecule has 9 nitrogen and oxygen atoms in total. The van der Waals surface area contributed by atoms with Gasteiger partial charge < -0.3 is 28.8 Å². The Kier molecular flexibility index (Phi) is 7.54. The van der Waals surface area contributed by atoms with Gasteiger partial charge in [-0.2, -0.15) is 0 Å². The summed E-state index contributed by atoms with van der Waals surface area (Å²) in [5.74, 6) is 0.0622. The summed E-state index contributed by atoms with van der Waals surface area (Å²) in [6.07, 6.45) is 4.46. The quantitative estimate of drug-likeness (QED) is 0.354. The van der Waals surface area contributed by atoms with Crippen LogP contribution in [0.3, 0.4) is 0 Å². The average molecular weight is 564 g/mol. The van der Waals surface area contributed by atoms with Gasteiger partial charge in [0.2, 0.25) is 6.79 Å². The molecule has 1 saturated heterocycles. The number of aliphatic hydroxyl groups is 1. The summed E-state index contributed by atoms with van der Waals surface area (Å²) in [5, 5.41) is 11.5. The van der Waals surface area contributed by atoms with E-state index in [1.807, 2.05) is 26.0 Å². The third-order valence-electron chi connectivity index (χ3n) is 8.60. The van der Waals surface area contributed by atoms with Gasteiger partial charge in [0, 0.05) is 11.4 Å². The zero-order valence-electron chi connectivity index (χ0n) is 23.1. The summed E-state index contributed by atoms with van der Waals surface area (Å²) in [5.41, 5.74) is -0.343. The molecule has 1 aromatic rings. The zero-order chi connectivity index (χ0) is 28.0. The van der Waals surface area contributed by atoms with E-state index in [1.54, 1.807) is 7.11 Å². The van der Waals surface area contributed by atoms with Crippen LogP contribution in [0, 0.1) is 0 Å². The van der Waals surface area contributed by atoms with E-state index in [0.29, 0.717) is 30.1 Å². The Labute approximate surface area is 234 Å². The van der Waals surface area contributed by atoms with Crippen LogP contribution in [0.5, 0.6) is 11.5 Å². The number of methoxy groups -OCH3 is 2. The van der Waals surface area contributed by atoms with Gasteiger partial charge in [-0.05, 0) is 88.3 Å². The van der Waals surface area contributed by atoms with Gasteiger partial charge in [-0.3, -0.25) is 9.69 Å². The van der Waals surface area contributed by atoms with Crippen molar-refractivity contribution in [1.29, 1.82) is 0 Å². The highest BCUT2D eigenvalue weighted by Crippen LogP contribution is 2.55. The molecular weight excluding hydrogens is 526 g/mol. The molecule has 0 amide bonds. The lowest BCUT2D eigenvalue weighted by Gasteiger charge is -2.39. The van der Waals surface area contributed by atoms with Crippen LogP contribution in [0.4, 0.5) is 0 Å². The Hall–Kier alpha value is -2.49. The molecule has 10 heteroatoms. The van der Waals surface area contributed by atoms with E-state index in [0.717, 1.165) is 43.5 Å². The number of alkyl halides is 1. The Bertz CT molecular complexity index is 1160. The normalized spacial score (nSPS) is 27.0. The highest BCUT2D eigenvalue weighted by atomic mass is 35.5. The van der Waals surface area contributed by atoms with E-state index in [1.165, 1.54) is 7.11 Å². The minimum absolute atomic E-state index is 0.00699. The van der Waals surface area contributed by atoms with Crippen LogP contribution >= 0.6 is 11.6 Å². The first-order chi connectivity index (χ1) is 18.5. The SMILES string of the molecule is COC(=O)C[C@@](O)(CCCC(C)(C)Cl)C(=O)OC1C(OC)=C[C@@]23CCCN2CCc2cc4c(cc2[C@H]13)OCO4. The molecule has 1 spiro atoms. The van der Waals surface area contributed by atoms with Crippen molar-refractivity contribution in [2.45, 2.75) is 86.8 Å². The van der Waals surface area contributed by atoms with E-state index in [2.05, 4.69) is 11.0 Å². The van der Waals surface area contributed by atoms with Gasteiger partial charge in [-0.1, -0.05) is 0 Å². The lowest BCUT2D eigenvalue weighted by molar-refractivity contribution is -0.178. The summed E-state index contributed by atoms with van der Waals surface area (Å²) in [6.45, 7) is 5.66. The Morgan fingerprint density at radius 3 is 2.62 bits per heavy atom. The second kappa shape index (κ2) is 10.5. The van der Waals surface area contributed by atoms with Crippen molar-refractivity contribution in [2.24, 2.45) is 0 Å². The molecule has 39 heavy (non-hydrogen) atoms. The van der Waals surface area contributed by atoms with Crippen LogP contribution in [0.15, 0.2) is 24.0 Å². The summed E-state index contributed by atoms with van der Waals surface area (Å²) in [6, 6.07) is 4.03. The predicted octanol–water partition coefficient (Wildman–Crippen LogP) is 3.83. The monoisotopic (exact) mass is 563 g/mol. The van der Waals surface area contributed by atoms with E-state index in [-0.39, 0.29) is 19.1 Å². The third-order valence-corrected chi connectivity index (χ3v) is 8.79. The topological polar surface area (TPSA) is 104 Å². The molecule has 1 unspecified atom stereocenters. The van der Waals surface area contributed by atoms with Gasteiger partial charge in [0.25, 0.3) is 0 Å². The van der Waals surface area contributed by atoms with E-state index in [9.17, 15) is 14.7 Å². The second-order valence-corrected chi connectivity index (χ2v) is 12.7. The fraction of sp³-hybridized carbons (Fsp3) is 0.655. The molecular formula is C29H38ClNO8. The van der Waals surface area contributed by atoms with Gasteiger partial charge in [0.05, 0.1) is 32.1 Å². The third kappa shape index (κ3) is 5.21. The number of esters is 2. The number of nitrogens with zero attached hydrogens (tertiary/aromatic N) is 1. The molecule has 3 heterocycles. The van der Waals surface area contributed by atoms with Crippen LogP contribution in [0.2, 0.25) is 0 Å². The number of rotatable bonds is 9. The van der Waals surface area contributed by atoms with Crippen molar-refractivity contribution in [3.8, 4) is 11.5 Å². The molecule has 0 aromatic heterocycles. The number of fused-ring (bicyclic) bond motifs is 3. The molecule has 1 aromatic carbocycles. The van der Waals surface area contributed by atoms with Gasteiger partial charge in [-0.15, -0.1) is 11.6 Å². The van der Waals surface area contributed by atoms with Crippen LogP contribution < -0.4 is 9.47 Å². The smallest absolute Gasteiger partial charge is 0.339 e. The first kappa shape index (κ1) is 28.1. The maximum Gasteiger partial charge on any atom is 0.339 e. The van der Waals surface area contributed by atoms with Gasteiger partial charge in [-0.25, -0.2) is 4.79 Å². The highest BCUT2D eigenvalue weighted by molar-refractivity contribution is 6.23. The Balaban J connectivity index is 1.50. The van der Waals surface area contributed by atoms with Gasteiger partial charge >= 0.3 is 11.9 Å². The number of carbonyl (C=O) groups is 2. The molecule has 0 radical (unpaired) electrons. The molecule has 0 saturated carbocycles. The Morgan fingerprint density at radius 2 is 1.92 bits per heavy atom. The number of ether oxygens (including phenoxy) is 5. The molecule has 1 fully saturated rings. The summed E-state index contributed by atoms with van der Waals surface area (Å²) in [4.78, 5) is 28.0. The molecule has 3 aliphatic heterocycles. The summed E-state index contributed by atoms with van der Waals surface area (Å²) >= 11 is 6.34. The lowest BCUT2D eigenvalue weighted by Crippen LogP contribution is -2.49. The van der Waals surface area contributed by atoms with Crippen LogP contribution in [-0.4, -0.2) is 78.2 Å². The Morgan fingerprint density at radius 1 is 1.18 bits per heavy atom. The second-order valence-electron chi connectivity index (χ2n) is 11.6. The molecule has 4 aliphatic rings. The largest absolute Gasteiger partial charge is 0.497 e. The molecule has 5 rings (SSSR count). The predicted molar refractivity (Wildman–Crippen MR) is 143 cm³/mol. The lowest BCUT2D eigenvalue weighted by atomic mass is 9.77. The first-order valence-corrected chi connectivity index (χ1v) is 14.0. The van der Waals surface area contributed by atoms with Crippen LogP contribution in [0.25, 0.3) is 0 Å². The van der Waals surface area contributed by atoms with Gasteiger partial charge in [0.1, 0.15) is 5.76 Å². The fourth-order valence-corrected chi connectivity index (χ4v) is 6.83. The molecule has 1 N–H and O–H groups in total. The van der Waals surface area contributed by atoms with Crippen molar-refractivity contribution in [3.63, 3.8) is 0 Å². The van der Waals surface area contributed by atoms with Crippen molar-refractivity contribution in [1.82, 2.24) is 4.90 Å². The number of carbonyl (C=O) groups excluding carboxylic acids is 2. The molecule has 1 aliphatic carbocycles. The minimum atomic E-state index is -2.07. The number of hydrogen-bond donors (Lipinski definition) is 1. The standard InChI is InChI=1S/C29H38ClNO8/c1-27(2,30)8-5-10-29(34,16-23(32)36-4)26(33)39-25-22(35-3)15-28-9-6-11-31(28)12-7-18-13-20-21(38-17-37-20)14-19(18)24(25)28/h13-15,24-25,34H,5-12,16-17H2,1-4H3/t24-,25?,28-,29+/m1/s1. The maximum absolute atomic E-state index is 13.8. The van der Waals surface area contributed by atoms with E-state index < -0.39 is 40.5 Å². The van der Waals surface area contributed by atoms with Crippen molar-refractivity contribution in [3.05, 3.63) is 35.1 Å². The van der Waals surface area contributed by atoms with Crippen molar-refractivity contribution >= 4 is 23.5 Å².